The highest BCUT2D eigenvalue weighted by atomic mass is 19.4. The Kier molecular flexibility index (Phi) is 3.30. The minimum Gasteiger partial charge on any atom is -0.397 e. The van der Waals surface area contributed by atoms with Gasteiger partial charge >= 0.3 is 6.18 Å². The standard InChI is InChI=1S/C12H14F3N3O/c1-17-7-9(16)6-10(17)11(19)18-4-2-8(3-5-18)12(13,14)15/h2,6-7H,3-5,16H2,1H3. The second kappa shape index (κ2) is 4.64. The van der Waals surface area contributed by atoms with Crippen molar-refractivity contribution in [3.8, 4) is 0 Å². The number of amides is 1. The van der Waals surface area contributed by atoms with Gasteiger partial charge in [-0.25, -0.2) is 0 Å². The molecule has 0 unspecified atom stereocenters. The number of halogens is 3. The minimum absolute atomic E-state index is 0.0290. The van der Waals surface area contributed by atoms with Crippen LogP contribution in [0.25, 0.3) is 0 Å². The van der Waals surface area contributed by atoms with Crippen LogP contribution in [0.15, 0.2) is 23.9 Å². The molecule has 1 aromatic heterocycles. The van der Waals surface area contributed by atoms with Gasteiger partial charge in [0.05, 0.1) is 5.69 Å². The van der Waals surface area contributed by atoms with Gasteiger partial charge in [0.15, 0.2) is 0 Å². The second-order valence-corrected chi connectivity index (χ2v) is 4.50. The van der Waals surface area contributed by atoms with E-state index in [2.05, 4.69) is 0 Å². The van der Waals surface area contributed by atoms with Gasteiger partial charge in [0.2, 0.25) is 0 Å². The molecule has 0 radical (unpaired) electrons. The summed E-state index contributed by atoms with van der Waals surface area (Å²) in [5.74, 6) is -0.309. The van der Waals surface area contributed by atoms with E-state index in [0.717, 1.165) is 6.08 Å². The third-order valence-electron chi connectivity index (χ3n) is 3.11. The zero-order valence-electron chi connectivity index (χ0n) is 10.4. The van der Waals surface area contributed by atoms with Crippen LogP contribution in [0.3, 0.4) is 0 Å². The van der Waals surface area contributed by atoms with E-state index in [0.29, 0.717) is 11.4 Å². The molecule has 1 aliphatic rings. The highest BCUT2D eigenvalue weighted by Gasteiger charge is 2.35. The van der Waals surface area contributed by atoms with E-state index in [4.69, 9.17) is 5.73 Å². The Morgan fingerprint density at radius 2 is 2.11 bits per heavy atom. The molecule has 7 heteroatoms. The maximum atomic E-state index is 12.5. The summed E-state index contributed by atoms with van der Waals surface area (Å²) in [6, 6.07) is 1.52. The van der Waals surface area contributed by atoms with Crippen molar-refractivity contribution in [3.63, 3.8) is 0 Å². The first kappa shape index (κ1) is 13.5. The first-order valence-corrected chi connectivity index (χ1v) is 5.76. The van der Waals surface area contributed by atoms with Crippen molar-refractivity contribution in [2.75, 3.05) is 18.8 Å². The summed E-state index contributed by atoms with van der Waals surface area (Å²) in [5.41, 5.74) is 5.84. The number of aromatic nitrogens is 1. The Morgan fingerprint density at radius 3 is 2.53 bits per heavy atom. The van der Waals surface area contributed by atoms with Crippen molar-refractivity contribution in [3.05, 3.63) is 29.6 Å². The number of carbonyl (C=O) groups is 1. The molecule has 1 aromatic rings. The average molecular weight is 273 g/mol. The number of nitrogens with zero attached hydrogens (tertiary/aromatic N) is 2. The molecule has 2 N–H and O–H groups in total. The van der Waals surface area contributed by atoms with Crippen LogP contribution in [0.1, 0.15) is 16.9 Å². The lowest BCUT2D eigenvalue weighted by Crippen LogP contribution is -2.37. The van der Waals surface area contributed by atoms with Crippen LogP contribution in [-0.4, -0.2) is 34.6 Å². The number of hydrogen-bond acceptors (Lipinski definition) is 2. The lowest BCUT2D eigenvalue weighted by molar-refractivity contribution is -0.0957. The summed E-state index contributed by atoms with van der Waals surface area (Å²) in [5, 5.41) is 0. The van der Waals surface area contributed by atoms with Gasteiger partial charge in [-0.2, -0.15) is 13.2 Å². The Morgan fingerprint density at radius 1 is 1.42 bits per heavy atom. The van der Waals surface area contributed by atoms with Crippen molar-refractivity contribution in [1.82, 2.24) is 9.47 Å². The normalized spacial score (nSPS) is 16.4. The van der Waals surface area contributed by atoms with Crippen LogP contribution in [0.2, 0.25) is 0 Å². The Bertz CT molecular complexity index is 531. The van der Waals surface area contributed by atoms with Gasteiger partial charge in [-0.05, 0) is 12.5 Å². The topological polar surface area (TPSA) is 51.3 Å². The van der Waals surface area contributed by atoms with Gasteiger partial charge in [0.1, 0.15) is 5.69 Å². The summed E-state index contributed by atoms with van der Waals surface area (Å²) in [6.45, 7) is 0.0357. The predicted molar refractivity (Wildman–Crippen MR) is 64.5 cm³/mol. The van der Waals surface area contributed by atoms with Gasteiger partial charge in [-0.1, -0.05) is 6.08 Å². The Labute approximate surface area is 108 Å². The zero-order chi connectivity index (χ0) is 14.2. The van der Waals surface area contributed by atoms with Crippen molar-refractivity contribution >= 4 is 11.6 Å². The van der Waals surface area contributed by atoms with Crippen LogP contribution >= 0.6 is 0 Å². The van der Waals surface area contributed by atoms with Gasteiger partial charge in [0.25, 0.3) is 5.91 Å². The van der Waals surface area contributed by atoms with E-state index < -0.39 is 11.7 Å². The number of rotatable bonds is 1. The number of aryl methyl sites for hydroxylation is 1. The molecule has 1 amide bonds. The molecular weight excluding hydrogens is 259 g/mol. The highest BCUT2D eigenvalue weighted by molar-refractivity contribution is 5.94. The molecule has 0 saturated heterocycles. The van der Waals surface area contributed by atoms with E-state index in [-0.39, 0.29) is 25.4 Å². The number of nitrogens with two attached hydrogens (primary N) is 1. The van der Waals surface area contributed by atoms with Gasteiger partial charge < -0.3 is 15.2 Å². The fourth-order valence-electron chi connectivity index (χ4n) is 2.08. The molecule has 2 heterocycles. The molecule has 104 valence electrons. The van der Waals surface area contributed by atoms with E-state index >= 15 is 0 Å². The molecule has 0 spiro atoms. The second-order valence-electron chi connectivity index (χ2n) is 4.50. The molecule has 19 heavy (non-hydrogen) atoms. The SMILES string of the molecule is Cn1cc(N)cc1C(=O)N1CC=C(C(F)(F)F)CC1. The molecule has 2 rings (SSSR count). The first-order chi connectivity index (χ1) is 8.79. The summed E-state index contributed by atoms with van der Waals surface area (Å²) in [4.78, 5) is 13.5. The largest absolute Gasteiger partial charge is 0.412 e. The lowest BCUT2D eigenvalue weighted by atomic mass is 10.1. The third kappa shape index (κ3) is 2.74. The van der Waals surface area contributed by atoms with Crippen molar-refractivity contribution in [2.45, 2.75) is 12.6 Å². The van der Waals surface area contributed by atoms with E-state index in [9.17, 15) is 18.0 Å². The zero-order valence-corrected chi connectivity index (χ0v) is 10.4. The quantitative estimate of drug-likeness (QED) is 0.795. The number of anilines is 1. The lowest BCUT2D eigenvalue weighted by Gasteiger charge is -2.27. The van der Waals surface area contributed by atoms with Gasteiger partial charge in [-0.15, -0.1) is 0 Å². The van der Waals surface area contributed by atoms with E-state index in [1.807, 2.05) is 0 Å². The van der Waals surface area contributed by atoms with Crippen molar-refractivity contribution < 1.29 is 18.0 Å². The molecule has 4 nitrogen and oxygen atoms in total. The van der Waals surface area contributed by atoms with Crippen LogP contribution in [0.4, 0.5) is 18.9 Å². The highest BCUT2D eigenvalue weighted by Crippen LogP contribution is 2.30. The number of carbonyl (C=O) groups excluding carboxylic acids is 1. The van der Waals surface area contributed by atoms with E-state index in [1.54, 1.807) is 17.8 Å². The molecule has 0 saturated carbocycles. The maximum Gasteiger partial charge on any atom is 0.412 e. The summed E-state index contributed by atoms with van der Waals surface area (Å²) in [7, 11) is 1.67. The smallest absolute Gasteiger partial charge is 0.397 e. The first-order valence-electron chi connectivity index (χ1n) is 5.76. The summed E-state index contributed by atoms with van der Waals surface area (Å²) in [6.07, 6.45) is -1.82. The van der Waals surface area contributed by atoms with Crippen LogP contribution < -0.4 is 5.73 Å². The maximum absolute atomic E-state index is 12.5. The van der Waals surface area contributed by atoms with Crippen LogP contribution in [-0.2, 0) is 7.05 Å². The number of nitrogen functional groups attached to an aromatic ring is 1. The van der Waals surface area contributed by atoms with Crippen LogP contribution in [0, 0.1) is 0 Å². The predicted octanol–water partition coefficient (Wildman–Crippen LogP) is 1.94. The van der Waals surface area contributed by atoms with E-state index in [1.165, 1.54) is 11.0 Å². The number of alkyl halides is 3. The van der Waals surface area contributed by atoms with Crippen molar-refractivity contribution in [1.29, 1.82) is 0 Å². The molecule has 0 bridgehead atoms. The third-order valence-corrected chi connectivity index (χ3v) is 3.11. The summed E-state index contributed by atoms with van der Waals surface area (Å²) < 4.78 is 39.0. The average Bonchev–Trinajstić information content (AvgIpc) is 2.66. The van der Waals surface area contributed by atoms with Gasteiger partial charge in [0, 0.05) is 31.9 Å². The summed E-state index contributed by atoms with van der Waals surface area (Å²) >= 11 is 0. The van der Waals surface area contributed by atoms with Crippen molar-refractivity contribution in [2.24, 2.45) is 7.05 Å². The minimum atomic E-state index is -4.30. The van der Waals surface area contributed by atoms with Crippen LogP contribution in [0.5, 0.6) is 0 Å². The molecule has 0 atom stereocenters. The fraction of sp³-hybridized carbons (Fsp3) is 0.417. The van der Waals surface area contributed by atoms with Gasteiger partial charge in [-0.3, -0.25) is 4.79 Å². The molecule has 0 aliphatic carbocycles. The number of hydrogen-bond donors (Lipinski definition) is 1. The molecule has 1 aliphatic heterocycles. The Hall–Kier alpha value is -1.92. The molecule has 0 aromatic carbocycles. The Balaban J connectivity index is 2.12. The monoisotopic (exact) mass is 273 g/mol. The molecule has 0 fully saturated rings. The molecular formula is C12H14F3N3O. The fourth-order valence-corrected chi connectivity index (χ4v) is 2.08.